The topological polar surface area (TPSA) is 111 Å². The second-order valence-electron chi connectivity index (χ2n) is 8.87. The molecule has 0 saturated heterocycles. The highest BCUT2D eigenvalue weighted by Gasteiger charge is 2.25. The Morgan fingerprint density at radius 2 is 1.53 bits per heavy atom. The maximum Gasteiger partial charge on any atom is 0.239 e. The lowest BCUT2D eigenvalue weighted by molar-refractivity contribution is 0.295. The Balaban J connectivity index is 1.54. The molecule has 13 heteroatoms. The van der Waals surface area contributed by atoms with Crippen molar-refractivity contribution in [1.29, 1.82) is 0 Å². The zero-order valence-electron chi connectivity index (χ0n) is 23.9. The van der Waals surface area contributed by atoms with Crippen LogP contribution >= 0.6 is 39.0 Å². The molecule has 0 amide bonds. The van der Waals surface area contributed by atoms with E-state index in [2.05, 4.69) is 38.3 Å². The number of hydrogen-bond donors (Lipinski definition) is 0. The van der Waals surface area contributed by atoms with E-state index in [-0.39, 0.29) is 34.8 Å². The molecule has 0 spiro atoms. The van der Waals surface area contributed by atoms with Crippen LogP contribution in [0.5, 0.6) is 34.5 Å². The predicted molar refractivity (Wildman–Crippen MR) is 169 cm³/mol. The molecule has 2 heterocycles. The number of rotatable bonds is 12. The van der Waals surface area contributed by atoms with Crippen LogP contribution in [0.2, 0.25) is 0 Å². The maximum atomic E-state index is 14.0. The lowest BCUT2D eigenvalue weighted by Gasteiger charge is -2.16. The Morgan fingerprint density at radius 1 is 0.837 bits per heavy atom. The number of benzene rings is 3. The normalized spacial score (nSPS) is 10.9. The van der Waals surface area contributed by atoms with Crippen molar-refractivity contribution < 1.29 is 32.8 Å². The number of thioether (sulfide) groups is 1. The summed E-state index contributed by atoms with van der Waals surface area (Å²) >= 11 is 6.42. The number of methoxy groups -OCH3 is 5. The van der Waals surface area contributed by atoms with Crippen molar-refractivity contribution in [3.8, 4) is 45.8 Å². The Labute approximate surface area is 264 Å². The van der Waals surface area contributed by atoms with Gasteiger partial charge in [0, 0.05) is 27.9 Å². The average Bonchev–Trinajstić information content (AvgIpc) is 3.50. The lowest BCUT2D eigenvalue weighted by Crippen LogP contribution is -2.11. The zero-order chi connectivity index (χ0) is 30.5. The Hall–Kier alpha value is -3.94. The van der Waals surface area contributed by atoms with E-state index >= 15 is 0 Å². The van der Waals surface area contributed by atoms with Crippen LogP contribution in [-0.4, -0.2) is 45.7 Å². The first kappa shape index (κ1) is 30.5. The molecule has 0 aliphatic rings. The van der Waals surface area contributed by atoms with E-state index in [4.69, 9.17) is 32.8 Å². The maximum absolute atomic E-state index is 14.0. The van der Waals surface area contributed by atoms with Crippen LogP contribution in [0, 0.1) is 0 Å². The van der Waals surface area contributed by atoms with Crippen molar-refractivity contribution in [1.82, 2.24) is 10.2 Å². The van der Waals surface area contributed by atoms with E-state index in [0.717, 1.165) is 20.1 Å². The molecular weight excluding hydrogens is 660 g/mol. The van der Waals surface area contributed by atoms with Gasteiger partial charge in [0.1, 0.15) is 29.1 Å². The molecule has 5 rings (SSSR count). The standard InChI is InChI=1S/C30H27BrN2O8S2/c1-35-19-12-20(36-2)25-21(13-19)41-27(17-10-22(37-3)28(39-5)23(11-17)38-4)29(26(25)34)40-14-24-32-33-30(43-24)42-15-16-6-8-18(31)9-7-16/h6-13H,14-15H2,1-5H3. The highest BCUT2D eigenvalue weighted by Crippen LogP contribution is 2.44. The zero-order valence-corrected chi connectivity index (χ0v) is 27.1. The second-order valence-corrected chi connectivity index (χ2v) is 12.1. The smallest absolute Gasteiger partial charge is 0.239 e. The summed E-state index contributed by atoms with van der Waals surface area (Å²) in [4.78, 5) is 14.0. The molecule has 0 aliphatic carbocycles. The predicted octanol–water partition coefficient (Wildman–Crippen LogP) is 6.99. The van der Waals surface area contributed by atoms with E-state index in [1.807, 2.05) is 12.1 Å². The van der Waals surface area contributed by atoms with Crippen molar-refractivity contribution in [2.75, 3.05) is 35.5 Å². The fraction of sp³-hybridized carbons (Fsp3) is 0.233. The lowest BCUT2D eigenvalue weighted by atomic mass is 10.1. The molecule has 0 aliphatic heterocycles. The van der Waals surface area contributed by atoms with Crippen LogP contribution in [0.25, 0.3) is 22.3 Å². The van der Waals surface area contributed by atoms with Crippen molar-refractivity contribution in [2.24, 2.45) is 0 Å². The van der Waals surface area contributed by atoms with Gasteiger partial charge in [0.2, 0.25) is 16.9 Å². The number of hydrogen-bond acceptors (Lipinski definition) is 12. The van der Waals surface area contributed by atoms with Crippen molar-refractivity contribution >= 4 is 50.0 Å². The van der Waals surface area contributed by atoms with Gasteiger partial charge in [-0.1, -0.05) is 51.2 Å². The van der Waals surface area contributed by atoms with Gasteiger partial charge < -0.3 is 32.8 Å². The molecule has 0 bridgehead atoms. The summed E-state index contributed by atoms with van der Waals surface area (Å²) in [5.41, 5.74) is 1.45. The number of fused-ring (bicyclic) bond motifs is 1. The summed E-state index contributed by atoms with van der Waals surface area (Å²) < 4.78 is 41.7. The third kappa shape index (κ3) is 6.53. The van der Waals surface area contributed by atoms with Crippen LogP contribution in [0.4, 0.5) is 0 Å². The molecule has 43 heavy (non-hydrogen) atoms. The average molecular weight is 688 g/mol. The Kier molecular flexibility index (Phi) is 9.63. The molecule has 0 N–H and O–H groups in total. The van der Waals surface area contributed by atoms with Crippen molar-refractivity contribution in [2.45, 2.75) is 16.7 Å². The van der Waals surface area contributed by atoms with E-state index in [9.17, 15) is 4.79 Å². The quantitative estimate of drug-likeness (QED) is 0.127. The fourth-order valence-electron chi connectivity index (χ4n) is 4.27. The van der Waals surface area contributed by atoms with Crippen LogP contribution in [0.3, 0.4) is 0 Å². The molecule has 0 radical (unpaired) electrons. The Morgan fingerprint density at radius 3 is 2.16 bits per heavy atom. The summed E-state index contributed by atoms with van der Waals surface area (Å²) in [5.74, 6) is 2.75. The molecular formula is C30H27BrN2O8S2. The van der Waals surface area contributed by atoms with Gasteiger partial charge in [-0.05, 0) is 29.8 Å². The highest BCUT2D eigenvalue weighted by atomic mass is 79.9. The summed E-state index contributed by atoms with van der Waals surface area (Å²) in [5, 5.41) is 9.35. The Bertz CT molecular complexity index is 1780. The first-order valence-corrected chi connectivity index (χ1v) is 15.3. The molecule has 0 saturated carbocycles. The van der Waals surface area contributed by atoms with Crippen molar-refractivity contribution in [3.05, 3.63) is 73.8 Å². The van der Waals surface area contributed by atoms with Gasteiger partial charge in [0.15, 0.2) is 26.6 Å². The van der Waals surface area contributed by atoms with Crippen LogP contribution < -0.4 is 33.8 Å². The van der Waals surface area contributed by atoms with E-state index < -0.39 is 5.43 Å². The van der Waals surface area contributed by atoms with Gasteiger partial charge >= 0.3 is 0 Å². The summed E-state index contributed by atoms with van der Waals surface area (Å²) in [6.07, 6.45) is 0. The number of nitrogens with zero attached hydrogens (tertiary/aromatic N) is 2. The van der Waals surface area contributed by atoms with Gasteiger partial charge in [-0.25, -0.2) is 0 Å². The highest BCUT2D eigenvalue weighted by molar-refractivity contribution is 9.10. The first-order valence-electron chi connectivity index (χ1n) is 12.7. The van der Waals surface area contributed by atoms with Gasteiger partial charge in [-0.15, -0.1) is 10.2 Å². The van der Waals surface area contributed by atoms with E-state index in [0.29, 0.717) is 33.6 Å². The number of ether oxygens (including phenoxy) is 6. The fourth-order valence-corrected chi connectivity index (χ4v) is 6.30. The third-order valence-electron chi connectivity index (χ3n) is 6.34. The minimum atomic E-state index is -0.432. The summed E-state index contributed by atoms with van der Waals surface area (Å²) in [6.45, 7) is -0.0112. The van der Waals surface area contributed by atoms with Gasteiger partial charge in [-0.2, -0.15) is 0 Å². The summed E-state index contributed by atoms with van der Waals surface area (Å²) in [7, 11) is 7.51. The number of halogens is 1. The minimum absolute atomic E-state index is 0.0112. The van der Waals surface area contributed by atoms with E-state index in [1.54, 1.807) is 36.0 Å². The third-order valence-corrected chi connectivity index (χ3v) is 8.97. The molecule has 0 unspecified atom stereocenters. The van der Waals surface area contributed by atoms with Crippen LogP contribution in [0.1, 0.15) is 10.6 Å². The SMILES string of the molecule is COc1cc(OC)c2c(=O)c(OCc3nnc(SCc4ccc(Br)cc4)s3)c(-c3cc(OC)c(OC)c(OC)c3)oc2c1. The second kappa shape index (κ2) is 13.6. The van der Waals surface area contributed by atoms with Crippen LogP contribution in [0.15, 0.2) is 66.6 Å². The molecule has 10 nitrogen and oxygen atoms in total. The van der Waals surface area contributed by atoms with Crippen LogP contribution in [-0.2, 0) is 12.4 Å². The molecule has 224 valence electrons. The minimum Gasteiger partial charge on any atom is -0.496 e. The summed E-state index contributed by atoms with van der Waals surface area (Å²) in [6, 6.07) is 14.7. The molecule has 2 aromatic heterocycles. The first-order chi connectivity index (χ1) is 20.9. The molecule has 0 fully saturated rings. The molecule has 0 atom stereocenters. The molecule has 5 aromatic rings. The monoisotopic (exact) mass is 686 g/mol. The largest absolute Gasteiger partial charge is 0.496 e. The van der Waals surface area contributed by atoms with E-state index in [1.165, 1.54) is 46.9 Å². The van der Waals surface area contributed by atoms with Crippen molar-refractivity contribution in [3.63, 3.8) is 0 Å². The van der Waals surface area contributed by atoms with Gasteiger partial charge in [0.05, 0.1) is 35.5 Å². The van der Waals surface area contributed by atoms with Gasteiger partial charge in [0.25, 0.3) is 0 Å². The number of aromatic nitrogens is 2. The van der Waals surface area contributed by atoms with Gasteiger partial charge in [-0.3, -0.25) is 4.79 Å². The molecule has 3 aromatic carbocycles.